The smallest absolute Gasteiger partial charge is 0.410 e. The lowest BCUT2D eigenvalue weighted by Gasteiger charge is -2.21. The van der Waals surface area contributed by atoms with Gasteiger partial charge in [0, 0.05) is 37.8 Å². The van der Waals surface area contributed by atoms with Crippen LogP contribution in [0.15, 0.2) is 41.9 Å². The molecule has 1 aliphatic heterocycles. The van der Waals surface area contributed by atoms with E-state index in [1.54, 1.807) is 17.0 Å². The molecule has 0 atom stereocenters. The summed E-state index contributed by atoms with van der Waals surface area (Å²) in [5.41, 5.74) is 0. The number of halogens is 1. The molecule has 108 valence electrons. The molecule has 20 heavy (non-hydrogen) atoms. The largest absolute Gasteiger partial charge is 0.415 e. The van der Waals surface area contributed by atoms with E-state index < -0.39 is 0 Å². The van der Waals surface area contributed by atoms with Crippen molar-refractivity contribution < 1.29 is 9.53 Å². The van der Waals surface area contributed by atoms with Crippen LogP contribution < -0.4 is 4.74 Å². The maximum absolute atomic E-state index is 12.1. The van der Waals surface area contributed by atoms with E-state index in [4.69, 9.17) is 16.3 Å². The Morgan fingerprint density at radius 2 is 1.95 bits per heavy atom. The van der Waals surface area contributed by atoms with Crippen LogP contribution in [0.4, 0.5) is 4.79 Å². The summed E-state index contributed by atoms with van der Waals surface area (Å²) in [6.45, 7) is 7.44. The van der Waals surface area contributed by atoms with Gasteiger partial charge in [-0.1, -0.05) is 36.4 Å². The number of nitrogens with zero attached hydrogens (tertiary/aromatic N) is 2. The lowest BCUT2D eigenvalue weighted by molar-refractivity contribution is 0.153. The minimum Gasteiger partial charge on any atom is -0.410 e. The van der Waals surface area contributed by atoms with Gasteiger partial charge in [-0.3, -0.25) is 4.90 Å². The van der Waals surface area contributed by atoms with Crippen molar-refractivity contribution >= 4 is 17.7 Å². The van der Waals surface area contributed by atoms with Crippen LogP contribution >= 0.6 is 11.6 Å². The van der Waals surface area contributed by atoms with Crippen molar-refractivity contribution in [3.8, 4) is 5.75 Å². The zero-order chi connectivity index (χ0) is 14.4. The first-order chi connectivity index (χ1) is 9.65. The molecule has 1 aromatic rings. The Bertz CT molecular complexity index is 464. The quantitative estimate of drug-likeness (QED) is 0.859. The Hall–Kier alpha value is -1.52. The predicted molar refractivity (Wildman–Crippen MR) is 80.1 cm³/mol. The predicted octanol–water partition coefficient (Wildman–Crippen LogP) is 2.95. The Morgan fingerprint density at radius 1 is 1.20 bits per heavy atom. The van der Waals surface area contributed by atoms with Crippen molar-refractivity contribution in [3.05, 3.63) is 41.9 Å². The van der Waals surface area contributed by atoms with Crippen molar-refractivity contribution in [2.75, 3.05) is 32.7 Å². The minimum absolute atomic E-state index is 0.289. The number of rotatable bonds is 3. The van der Waals surface area contributed by atoms with Crippen LogP contribution in [0.2, 0.25) is 0 Å². The second-order valence-electron chi connectivity index (χ2n) is 4.82. The molecular formula is C15H19ClN2O2. The van der Waals surface area contributed by atoms with Crippen molar-refractivity contribution in [1.29, 1.82) is 0 Å². The van der Waals surface area contributed by atoms with E-state index in [1.807, 2.05) is 18.2 Å². The Morgan fingerprint density at radius 3 is 2.65 bits per heavy atom. The van der Waals surface area contributed by atoms with Crippen molar-refractivity contribution in [2.24, 2.45) is 0 Å². The lowest BCUT2D eigenvalue weighted by atomic mass is 10.3. The molecule has 0 N–H and O–H groups in total. The topological polar surface area (TPSA) is 32.8 Å². The third-order valence-corrected chi connectivity index (χ3v) is 3.31. The molecule has 0 spiro atoms. The summed E-state index contributed by atoms with van der Waals surface area (Å²) >= 11 is 5.83. The van der Waals surface area contributed by atoms with Gasteiger partial charge in [0.25, 0.3) is 0 Å². The van der Waals surface area contributed by atoms with Gasteiger partial charge in [-0.05, 0) is 18.6 Å². The zero-order valence-corrected chi connectivity index (χ0v) is 12.2. The average molecular weight is 295 g/mol. The van der Waals surface area contributed by atoms with Crippen LogP contribution in [0.5, 0.6) is 5.75 Å². The van der Waals surface area contributed by atoms with E-state index in [1.165, 1.54) is 0 Å². The van der Waals surface area contributed by atoms with Crippen molar-refractivity contribution in [2.45, 2.75) is 6.42 Å². The number of carbonyl (C=O) groups excluding carboxylic acids is 1. The Balaban J connectivity index is 1.86. The van der Waals surface area contributed by atoms with Crippen LogP contribution in [0.3, 0.4) is 0 Å². The van der Waals surface area contributed by atoms with Gasteiger partial charge < -0.3 is 9.64 Å². The summed E-state index contributed by atoms with van der Waals surface area (Å²) in [5.74, 6) is 0.577. The number of hydrogen-bond donors (Lipinski definition) is 0. The summed E-state index contributed by atoms with van der Waals surface area (Å²) in [7, 11) is 0. The first kappa shape index (κ1) is 14.9. The van der Waals surface area contributed by atoms with E-state index in [0.29, 0.717) is 30.4 Å². The van der Waals surface area contributed by atoms with Crippen LogP contribution in [-0.2, 0) is 0 Å². The molecule has 5 heteroatoms. The highest BCUT2D eigenvalue weighted by molar-refractivity contribution is 6.29. The minimum atomic E-state index is -0.289. The van der Waals surface area contributed by atoms with Gasteiger partial charge in [0.05, 0.1) is 0 Å². The molecule has 0 radical (unpaired) electrons. The molecule has 0 bridgehead atoms. The summed E-state index contributed by atoms with van der Waals surface area (Å²) < 4.78 is 5.35. The van der Waals surface area contributed by atoms with Gasteiger partial charge in [0.2, 0.25) is 0 Å². The van der Waals surface area contributed by atoms with Crippen LogP contribution in [0, 0.1) is 0 Å². The standard InChI is InChI=1S/C15H19ClN2O2/c1-13(16)12-17-8-5-9-18(11-10-17)15(19)20-14-6-3-2-4-7-14/h2-4,6-7H,1,5,8-12H2. The van der Waals surface area contributed by atoms with E-state index in [9.17, 15) is 4.79 Å². The van der Waals surface area contributed by atoms with Crippen LogP contribution in [-0.4, -0.2) is 48.6 Å². The Labute approximate surface area is 124 Å². The van der Waals surface area contributed by atoms with Gasteiger partial charge in [0.15, 0.2) is 0 Å². The van der Waals surface area contributed by atoms with Crippen LogP contribution in [0.1, 0.15) is 6.42 Å². The molecule has 1 heterocycles. The summed E-state index contributed by atoms with van der Waals surface area (Å²) in [6.07, 6.45) is 0.622. The molecule has 0 unspecified atom stereocenters. The van der Waals surface area contributed by atoms with Gasteiger partial charge in [-0.15, -0.1) is 0 Å². The average Bonchev–Trinajstić information content (AvgIpc) is 2.65. The molecular weight excluding hydrogens is 276 g/mol. The second-order valence-corrected chi connectivity index (χ2v) is 5.35. The first-order valence-electron chi connectivity index (χ1n) is 6.72. The first-order valence-corrected chi connectivity index (χ1v) is 7.10. The number of hydrogen-bond acceptors (Lipinski definition) is 3. The maximum Gasteiger partial charge on any atom is 0.415 e. The van der Waals surface area contributed by atoms with Gasteiger partial charge in [-0.25, -0.2) is 4.79 Å². The monoisotopic (exact) mass is 294 g/mol. The highest BCUT2D eigenvalue weighted by Gasteiger charge is 2.20. The van der Waals surface area contributed by atoms with Crippen LogP contribution in [0.25, 0.3) is 0 Å². The third kappa shape index (κ3) is 4.54. The number of para-hydroxylation sites is 1. The highest BCUT2D eigenvalue weighted by Crippen LogP contribution is 2.12. The molecule has 0 saturated carbocycles. The number of amides is 1. The fourth-order valence-corrected chi connectivity index (χ4v) is 2.38. The lowest BCUT2D eigenvalue weighted by Crippen LogP contribution is -2.37. The van der Waals surface area contributed by atoms with Gasteiger partial charge in [-0.2, -0.15) is 0 Å². The molecule has 1 aromatic carbocycles. The molecule has 0 aliphatic carbocycles. The molecule has 1 aliphatic rings. The number of ether oxygens (including phenoxy) is 1. The number of carbonyl (C=O) groups is 1. The number of benzene rings is 1. The van der Waals surface area contributed by atoms with Gasteiger partial charge in [0.1, 0.15) is 5.75 Å². The van der Waals surface area contributed by atoms with Crippen molar-refractivity contribution in [1.82, 2.24) is 9.80 Å². The Kier molecular flexibility index (Phi) is 5.44. The molecule has 1 saturated heterocycles. The highest BCUT2D eigenvalue weighted by atomic mass is 35.5. The SMILES string of the molecule is C=C(Cl)CN1CCCN(C(=O)Oc2ccccc2)CC1. The normalized spacial score (nSPS) is 16.6. The molecule has 1 amide bonds. The maximum atomic E-state index is 12.1. The second kappa shape index (κ2) is 7.31. The molecule has 2 rings (SSSR count). The summed E-state index contributed by atoms with van der Waals surface area (Å²) in [4.78, 5) is 16.0. The van der Waals surface area contributed by atoms with E-state index in [-0.39, 0.29) is 6.09 Å². The molecule has 1 fully saturated rings. The van der Waals surface area contributed by atoms with E-state index in [2.05, 4.69) is 11.5 Å². The fraction of sp³-hybridized carbons (Fsp3) is 0.400. The molecule has 4 nitrogen and oxygen atoms in total. The summed E-state index contributed by atoms with van der Waals surface area (Å²) in [5, 5.41) is 0.630. The van der Waals surface area contributed by atoms with Crippen molar-refractivity contribution in [3.63, 3.8) is 0 Å². The van der Waals surface area contributed by atoms with E-state index in [0.717, 1.165) is 19.5 Å². The molecule has 0 aromatic heterocycles. The third-order valence-electron chi connectivity index (χ3n) is 3.19. The summed E-state index contributed by atoms with van der Waals surface area (Å²) in [6, 6.07) is 9.14. The zero-order valence-electron chi connectivity index (χ0n) is 11.4. The van der Waals surface area contributed by atoms with Gasteiger partial charge >= 0.3 is 6.09 Å². The van der Waals surface area contributed by atoms with E-state index >= 15 is 0 Å². The fourth-order valence-electron chi connectivity index (χ4n) is 2.21.